The molecule has 1 aromatic rings. The molecule has 0 aromatic heterocycles. The van der Waals surface area contributed by atoms with E-state index in [1.54, 1.807) is 30.3 Å². The van der Waals surface area contributed by atoms with E-state index in [4.69, 9.17) is 11.6 Å². The normalized spacial score (nSPS) is 24.7. The molecule has 0 saturated heterocycles. The first-order chi connectivity index (χ1) is 14.8. The molecule has 31 heavy (non-hydrogen) atoms. The SMILES string of the molecule is COC(=O)CCC/C=C\C[C@@H]1[C@@H](/C=C/[C@@H](O)CC(=O)c2cccc(Cl)c2)[C@H](O)C[C@@H]1O. The molecule has 0 amide bonds. The molecule has 5 atom stereocenters. The number of carbonyl (C=O) groups is 2. The van der Waals surface area contributed by atoms with Crippen molar-refractivity contribution in [2.24, 2.45) is 11.8 Å². The van der Waals surface area contributed by atoms with Gasteiger partial charge in [0.2, 0.25) is 0 Å². The van der Waals surface area contributed by atoms with Crippen LogP contribution in [0.15, 0.2) is 48.6 Å². The molecule has 0 aliphatic heterocycles. The third-order valence-electron chi connectivity index (χ3n) is 5.57. The Balaban J connectivity index is 1.87. The van der Waals surface area contributed by atoms with Crippen molar-refractivity contribution in [1.29, 1.82) is 0 Å². The summed E-state index contributed by atoms with van der Waals surface area (Å²) in [5.41, 5.74) is 0.437. The molecule has 0 spiro atoms. The van der Waals surface area contributed by atoms with Crippen LogP contribution in [0.25, 0.3) is 0 Å². The summed E-state index contributed by atoms with van der Waals surface area (Å²) in [7, 11) is 1.36. The summed E-state index contributed by atoms with van der Waals surface area (Å²) in [5.74, 6) is -0.956. The van der Waals surface area contributed by atoms with E-state index >= 15 is 0 Å². The van der Waals surface area contributed by atoms with Gasteiger partial charge in [-0.2, -0.15) is 0 Å². The number of carbonyl (C=O) groups excluding carboxylic acids is 2. The van der Waals surface area contributed by atoms with Crippen molar-refractivity contribution in [3.8, 4) is 0 Å². The van der Waals surface area contributed by atoms with Crippen LogP contribution in [0, 0.1) is 11.8 Å². The van der Waals surface area contributed by atoms with Crippen molar-refractivity contribution in [3.05, 3.63) is 59.2 Å². The van der Waals surface area contributed by atoms with Gasteiger partial charge in [0.25, 0.3) is 0 Å². The van der Waals surface area contributed by atoms with Crippen LogP contribution in [-0.2, 0) is 9.53 Å². The van der Waals surface area contributed by atoms with Gasteiger partial charge in [-0.1, -0.05) is 48.0 Å². The van der Waals surface area contributed by atoms with Crippen molar-refractivity contribution < 1.29 is 29.6 Å². The lowest BCUT2D eigenvalue weighted by atomic mass is 9.89. The third-order valence-corrected chi connectivity index (χ3v) is 5.80. The number of Topliss-reactive ketones (excluding diaryl/α,β-unsaturated/α-hetero) is 1. The minimum atomic E-state index is -0.995. The quantitative estimate of drug-likeness (QED) is 0.206. The van der Waals surface area contributed by atoms with Crippen LogP contribution in [0.1, 0.15) is 48.9 Å². The maximum atomic E-state index is 12.3. The standard InChI is InChI=1S/C24H31ClO6/c1-31-24(30)10-5-3-2-4-9-19-20(23(29)15-22(19)28)12-11-18(26)14-21(27)16-7-6-8-17(25)13-16/h2,4,6-8,11-13,18-20,22-23,26,28-29H,3,5,9-10,14-15H2,1H3/b4-2-,12-11+/t18-,19-,20-,22+,23-/m1/s1. The number of unbranched alkanes of at least 4 members (excludes halogenated alkanes) is 1. The zero-order valence-electron chi connectivity index (χ0n) is 17.7. The summed E-state index contributed by atoms with van der Waals surface area (Å²) in [5, 5.41) is 31.3. The molecular weight excluding hydrogens is 420 g/mol. The van der Waals surface area contributed by atoms with Crippen LogP contribution in [0.5, 0.6) is 0 Å². The van der Waals surface area contributed by atoms with Crippen molar-refractivity contribution in [1.82, 2.24) is 0 Å². The van der Waals surface area contributed by atoms with Gasteiger partial charge in [0.05, 0.1) is 25.4 Å². The second kappa shape index (κ2) is 12.8. The molecule has 0 bridgehead atoms. The number of aliphatic hydroxyl groups excluding tert-OH is 3. The molecule has 170 valence electrons. The van der Waals surface area contributed by atoms with Gasteiger partial charge >= 0.3 is 5.97 Å². The van der Waals surface area contributed by atoms with Crippen molar-refractivity contribution in [2.75, 3.05) is 7.11 Å². The van der Waals surface area contributed by atoms with Gasteiger partial charge in [0.1, 0.15) is 0 Å². The molecule has 1 aromatic carbocycles. The number of halogens is 1. The number of esters is 1. The van der Waals surface area contributed by atoms with Crippen LogP contribution in [0.3, 0.4) is 0 Å². The van der Waals surface area contributed by atoms with E-state index in [9.17, 15) is 24.9 Å². The number of hydrogen-bond donors (Lipinski definition) is 3. The van der Waals surface area contributed by atoms with E-state index in [1.165, 1.54) is 13.2 Å². The highest BCUT2D eigenvalue weighted by molar-refractivity contribution is 6.31. The maximum absolute atomic E-state index is 12.3. The van der Waals surface area contributed by atoms with Gasteiger partial charge in [0.15, 0.2) is 5.78 Å². The first kappa shape index (κ1) is 25.3. The van der Waals surface area contributed by atoms with E-state index in [0.29, 0.717) is 29.8 Å². The predicted molar refractivity (Wildman–Crippen MR) is 119 cm³/mol. The zero-order valence-corrected chi connectivity index (χ0v) is 18.4. The van der Waals surface area contributed by atoms with E-state index < -0.39 is 18.3 Å². The van der Waals surface area contributed by atoms with Crippen molar-refractivity contribution in [3.63, 3.8) is 0 Å². The highest BCUT2D eigenvalue weighted by atomic mass is 35.5. The van der Waals surface area contributed by atoms with E-state index in [1.807, 2.05) is 12.2 Å². The lowest BCUT2D eigenvalue weighted by Gasteiger charge is -2.19. The number of methoxy groups -OCH3 is 1. The smallest absolute Gasteiger partial charge is 0.305 e. The Morgan fingerprint density at radius 1 is 1.26 bits per heavy atom. The Bertz CT molecular complexity index is 790. The highest BCUT2D eigenvalue weighted by Crippen LogP contribution is 2.36. The first-order valence-electron chi connectivity index (χ1n) is 10.5. The van der Waals surface area contributed by atoms with Gasteiger partial charge in [-0.05, 0) is 37.3 Å². The molecule has 2 rings (SSSR count). The average Bonchev–Trinajstić information content (AvgIpc) is 3.00. The molecule has 7 heteroatoms. The summed E-state index contributed by atoms with van der Waals surface area (Å²) in [6, 6.07) is 6.57. The Morgan fingerprint density at radius 3 is 2.74 bits per heavy atom. The van der Waals surface area contributed by atoms with Crippen LogP contribution in [0.4, 0.5) is 0 Å². The Kier molecular flexibility index (Phi) is 10.4. The third kappa shape index (κ3) is 8.22. The zero-order chi connectivity index (χ0) is 22.8. The van der Waals surface area contributed by atoms with Gasteiger partial charge in [0, 0.05) is 35.8 Å². The summed E-state index contributed by atoms with van der Waals surface area (Å²) in [6.07, 6.45) is 7.31. The summed E-state index contributed by atoms with van der Waals surface area (Å²) in [4.78, 5) is 23.4. The Hall–Kier alpha value is -1.99. The van der Waals surface area contributed by atoms with Crippen LogP contribution < -0.4 is 0 Å². The number of rotatable bonds is 11. The van der Waals surface area contributed by atoms with E-state index in [0.717, 1.165) is 6.42 Å². The van der Waals surface area contributed by atoms with Crippen molar-refractivity contribution >= 4 is 23.4 Å². The fourth-order valence-corrected chi connectivity index (χ4v) is 4.03. The highest BCUT2D eigenvalue weighted by Gasteiger charge is 2.39. The number of ether oxygens (including phenoxy) is 1. The summed E-state index contributed by atoms with van der Waals surface area (Å²) >= 11 is 5.90. The first-order valence-corrected chi connectivity index (χ1v) is 10.9. The second-order valence-corrected chi connectivity index (χ2v) is 8.31. The van der Waals surface area contributed by atoms with Gasteiger partial charge < -0.3 is 20.1 Å². The number of benzene rings is 1. The minimum absolute atomic E-state index is 0.0903. The predicted octanol–water partition coefficient (Wildman–Crippen LogP) is 3.48. The molecule has 1 fully saturated rings. The average molecular weight is 451 g/mol. The second-order valence-electron chi connectivity index (χ2n) is 7.88. The molecule has 6 nitrogen and oxygen atoms in total. The number of ketones is 1. The van der Waals surface area contributed by atoms with Crippen LogP contribution in [0.2, 0.25) is 5.02 Å². The number of hydrogen-bond acceptors (Lipinski definition) is 6. The van der Waals surface area contributed by atoms with Gasteiger partial charge in [-0.3, -0.25) is 9.59 Å². The minimum Gasteiger partial charge on any atom is -0.469 e. The fourth-order valence-electron chi connectivity index (χ4n) is 3.84. The van der Waals surface area contributed by atoms with Crippen LogP contribution >= 0.6 is 11.6 Å². The van der Waals surface area contributed by atoms with Gasteiger partial charge in [-0.15, -0.1) is 0 Å². The molecule has 0 radical (unpaired) electrons. The van der Waals surface area contributed by atoms with E-state index in [-0.39, 0.29) is 36.4 Å². The lowest BCUT2D eigenvalue weighted by Crippen LogP contribution is -2.20. The van der Waals surface area contributed by atoms with Crippen molar-refractivity contribution in [2.45, 2.75) is 56.8 Å². The molecule has 0 heterocycles. The summed E-state index contributed by atoms with van der Waals surface area (Å²) in [6.45, 7) is 0. The molecular formula is C24H31ClO6. The Morgan fingerprint density at radius 2 is 2.03 bits per heavy atom. The molecule has 1 aliphatic carbocycles. The molecule has 1 saturated carbocycles. The topological polar surface area (TPSA) is 104 Å². The molecule has 3 N–H and O–H groups in total. The largest absolute Gasteiger partial charge is 0.469 e. The van der Waals surface area contributed by atoms with Crippen LogP contribution in [-0.4, -0.2) is 52.5 Å². The summed E-state index contributed by atoms with van der Waals surface area (Å²) < 4.78 is 4.60. The fraction of sp³-hybridized carbons (Fsp3) is 0.500. The molecule has 1 aliphatic rings. The Labute approximate surface area is 188 Å². The van der Waals surface area contributed by atoms with Gasteiger partial charge in [-0.25, -0.2) is 0 Å². The monoisotopic (exact) mass is 450 g/mol. The molecule has 0 unspecified atom stereocenters. The number of aliphatic hydroxyl groups is 3. The van der Waals surface area contributed by atoms with E-state index in [2.05, 4.69) is 4.74 Å². The number of allylic oxidation sites excluding steroid dienone is 2. The maximum Gasteiger partial charge on any atom is 0.305 e. The lowest BCUT2D eigenvalue weighted by molar-refractivity contribution is -0.140.